The molecule has 1 saturated heterocycles. The Kier molecular flexibility index (Phi) is 5.72. The standard InChI is InChI=1S/C15H28N4O2/c1-10(2)7-12(16)8-14-17-15(18-21-14)13-9-19(11(3)4)5-6-20-13/h10-13H,5-9,16H2,1-4H3. The molecule has 2 N–H and O–H groups in total. The maximum atomic E-state index is 6.09. The van der Waals surface area contributed by atoms with Gasteiger partial charge in [-0.05, 0) is 26.2 Å². The maximum Gasteiger partial charge on any atom is 0.228 e. The number of hydrogen-bond acceptors (Lipinski definition) is 6. The van der Waals surface area contributed by atoms with Crippen molar-refractivity contribution in [2.24, 2.45) is 11.7 Å². The van der Waals surface area contributed by atoms with Gasteiger partial charge in [0, 0.05) is 31.6 Å². The molecule has 0 saturated carbocycles. The van der Waals surface area contributed by atoms with Crippen LogP contribution in [0.4, 0.5) is 0 Å². The largest absolute Gasteiger partial charge is 0.367 e. The molecule has 2 heterocycles. The number of morpholine rings is 1. The second-order valence-corrected chi connectivity index (χ2v) is 6.59. The van der Waals surface area contributed by atoms with Crippen molar-refractivity contribution in [1.29, 1.82) is 0 Å². The normalized spacial score (nSPS) is 22.1. The summed E-state index contributed by atoms with van der Waals surface area (Å²) in [5.74, 6) is 1.83. The smallest absolute Gasteiger partial charge is 0.228 e. The quantitative estimate of drug-likeness (QED) is 0.862. The predicted octanol–water partition coefficient (Wildman–Crippen LogP) is 1.77. The summed E-state index contributed by atoms with van der Waals surface area (Å²) in [6, 6.07) is 0.569. The van der Waals surface area contributed by atoms with E-state index in [9.17, 15) is 0 Å². The van der Waals surface area contributed by atoms with Crippen LogP contribution in [0, 0.1) is 5.92 Å². The van der Waals surface area contributed by atoms with Crippen molar-refractivity contribution >= 4 is 0 Å². The van der Waals surface area contributed by atoms with E-state index in [0.717, 1.165) is 19.5 Å². The molecule has 1 aromatic heterocycles. The first-order valence-electron chi connectivity index (χ1n) is 7.89. The molecule has 0 aliphatic carbocycles. The van der Waals surface area contributed by atoms with Gasteiger partial charge < -0.3 is 15.0 Å². The highest BCUT2D eigenvalue weighted by Crippen LogP contribution is 2.21. The second kappa shape index (κ2) is 7.33. The lowest BCUT2D eigenvalue weighted by atomic mass is 10.0. The minimum atomic E-state index is -0.0972. The molecule has 0 aromatic carbocycles. The summed E-state index contributed by atoms with van der Waals surface area (Å²) in [6.07, 6.45) is 1.49. The van der Waals surface area contributed by atoms with Crippen molar-refractivity contribution in [3.05, 3.63) is 11.7 Å². The van der Waals surface area contributed by atoms with Crippen molar-refractivity contribution in [1.82, 2.24) is 15.0 Å². The lowest BCUT2D eigenvalue weighted by Crippen LogP contribution is -2.42. The highest BCUT2D eigenvalue weighted by atomic mass is 16.5. The molecule has 2 atom stereocenters. The lowest BCUT2D eigenvalue weighted by molar-refractivity contribution is -0.0450. The summed E-state index contributed by atoms with van der Waals surface area (Å²) < 4.78 is 11.1. The Balaban J connectivity index is 1.93. The predicted molar refractivity (Wildman–Crippen MR) is 80.8 cm³/mol. The van der Waals surface area contributed by atoms with Gasteiger partial charge in [-0.3, -0.25) is 4.90 Å². The topological polar surface area (TPSA) is 77.4 Å². The van der Waals surface area contributed by atoms with Gasteiger partial charge in [-0.1, -0.05) is 19.0 Å². The van der Waals surface area contributed by atoms with Gasteiger partial charge in [0.1, 0.15) is 6.10 Å². The zero-order valence-corrected chi connectivity index (χ0v) is 13.6. The molecule has 6 heteroatoms. The summed E-state index contributed by atoms with van der Waals surface area (Å²) in [5.41, 5.74) is 6.09. The fourth-order valence-corrected chi connectivity index (χ4v) is 2.69. The van der Waals surface area contributed by atoms with Crippen LogP contribution in [0.25, 0.3) is 0 Å². The summed E-state index contributed by atoms with van der Waals surface area (Å²) in [7, 11) is 0. The number of nitrogens with two attached hydrogens (primary N) is 1. The molecule has 1 aromatic rings. The molecule has 1 aliphatic heterocycles. The van der Waals surface area contributed by atoms with Gasteiger partial charge in [0.05, 0.1) is 6.61 Å². The average molecular weight is 296 g/mol. The Bertz CT molecular complexity index is 433. The van der Waals surface area contributed by atoms with Gasteiger partial charge >= 0.3 is 0 Å². The van der Waals surface area contributed by atoms with Crippen LogP contribution < -0.4 is 5.73 Å². The number of rotatable bonds is 6. The zero-order valence-electron chi connectivity index (χ0n) is 13.6. The minimum Gasteiger partial charge on any atom is -0.367 e. The minimum absolute atomic E-state index is 0.0673. The van der Waals surface area contributed by atoms with Crippen molar-refractivity contribution in [2.75, 3.05) is 19.7 Å². The fraction of sp³-hybridized carbons (Fsp3) is 0.867. The van der Waals surface area contributed by atoms with E-state index in [2.05, 4.69) is 42.7 Å². The molecular weight excluding hydrogens is 268 g/mol. The van der Waals surface area contributed by atoms with Crippen molar-refractivity contribution in [2.45, 2.75) is 58.7 Å². The molecule has 0 bridgehead atoms. The van der Waals surface area contributed by atoms with Crippen LogP contribution in [0.15, 0.2) is 4.52 Å². The molecule has 1 fully saturated rings. The number of hydrogen-bond donors (Lipinski definition) is 1. The number of ether oxygens (including phenoxy) is 1. The summed E-state index contributed by atoms with van der Waals surface area (Å²) in [5, 5.41) is 4.07. The Morgan fingerprint density at radius 1 is 1.33 bits per heavy atom. The monoisotopic (exact) mass is 296 g/mol. The first-order valence-corrected chi connectivity index (χ1v) is 7.89. The summed E-state index contributed by atoms with van der Waals surface area (Å²) in [6.45, 7) is 11.2. The number of nitrogens with zero attached hydrogens (tertiary/aromatic N) is 3. The summed E-state index contributed by atoms with van der Waals surface area (Å²) >= 11 is 0. The van der Waals surface area contributed by atoms with Gasteiger partial charge in [-0.2, -0.15) is 4.98 Å². The van der Waals surface area contributed by atoms with E-state index < -0.39 is 0 Å². The average Bonchev–Trinajstić information content (AvgIpc) is 2.86. The Labute approximate surface area is 127 Å². The van der Waals surface area contributed by atoms with Gasteiger partial charge in [0.2, 0.25) is 11.7 Å². The molecule has 1 aliphatic rings. The molecule has 2 unspecified atom stereocenters. The van der Waals surface area contributed by atoms with Crippen molar-refractivity contribution < 1.29 is 9.26 Å². The van der Waals surface area contributed by atoms with E-state index in [4.69, 9.17) is 15.0 Å². The molecule has 0 radical (unpaired) electrons. The zero-order chi connectivity index (χ0) is 15.4. The van der Waals surface area contributed by atoms with Crippen LogP contribution >= 0.6 is 0 Å². The fourth-order valence-electron chi connectivity index (χ4n) is 2.69. The van der Waals surface area contributed by atoms with E-state index in [1.54, 1.807) is 0 Å². The molecule has 0 spiro atoms. The Hall–Kier alpha value is -0.980. The van der Waals surface area contributed by atoms with E-state index in [-0.39, 0.29) is 12.1 Å². The van der Waals surface area contributed by atoms with Gasteiger partial charge in [-0.25, -0.2) is 0 Å². The van der Waals surface area contributed by atoms with Crippen molar-refractivity contribution in [3.63, 3.8) is 0 Å². The third-order valence-electron chi connectivity index (χ3n) is 3.81. The van der Waals surface area contributed by atoms with Gasteiger partial charge in [0.15, 0.2) is 0 Å². The molecule has 120 valence electrons. The van der Waals surface area contributed by atoms with E-state index in [0.29, 0.717) is 36.7 Å². The molecule has 0 amide bonds. The van der Waals surface area contributed by atoms with Crippen LogP contribution in [0.3, 0.4) is 0 Å². The van der Waals surface area contributed by atoms with Crippen LogP contribution in [0.1, 0.15) is 51.9 Å². The van der Waals surface area contributed by atoms with Crippen LogP contribution in [0.5, 0.6) is 0 Å². The molecule has 2 rings (SSSR count). The molecule has 21 heavy (non-hydrogen) atoms. The Morgan fingerprint density at radius 3 is 2.76 bits per heavy atom. The van der Waals surface area contributed by atoms with E-state index in [1.165, 1.54) is 0 Å². The first kappa shape index (κ1) is 16.4. The SMILES string of the molecule is CC(C)CC(N)Cc1nc(C2CN(C(C)C)CCO2)no1. The van der Waals surface area contributed by atoms with Gasteiger partial charge in [0.25, 0.3) is 0 Å². The summed E-state index contributed by atoms with van der Waals surface area (Å²) in [4.78, 5) is 6.84. The first-order chi connectivity index (χ1) is 9.95. The molecule has 6 nitrogen and oxygen atoms in total. The van der Waals surface area contributed by atoms with Crippen molar-refractivity contribution in [3.8, 4) is 0 Å². The van der Waals surface area contributed by atoms with E-state index in [1.807, 2.05) is 0 Å². The lowest BCUT2D eigenvalue weighted by Gasteiger charge is -2.34. The number of aromatic nitrogens is 2. The second-order valence-electron chi connectivity index (χ2n) is 6.59. The van der Waals surface area contributed by atoms with Gasteiger partial charge in [-0.15, -0.1) is 0 Å². The van der Waals surface area contributed by atoms with Crippen LogP contribution in [-0.2, 0) is 11.2 Å². The van der Waals surface area contributed by atoms with E-state index >= 15 is 0 Å². The van der Waals surface area contributed by atoms with Crippen LogP contribution in [0.2, 0.25) is 0 Å². The van der Waals surface area contributed by atoms with Crippen LogP contribution in [-0.4, -0.2) is 46.8 Å². The highest BCUT2D eigenvalue weighted by Gasteiger charge is 2.27. The Morgan fingerprint density at radius 2 is 2.10 bits per heavy atom. The third-order valence-corrected chi connectivity index (χ3v) is 3.81. The third kappa shape index (κ3) is 4.76. The maximum absolute atomic E-state index is 6.09. The highest BCUT2D eigenvalue weighted by molar-refractivity contribution is 4.96. The molecular formula is C15H28N4O2.